The average molecular weight is 289 g/mol. The quantitative estimate of drug-likeness (QED) is 0.928. The first-order valence-corrected chi connectivity index (χ1v) is 8.34. The molecule has 0 bridgehead atoms. The Labute approximate surface area is 127 Å². The number of aliphatic hydroxyl groups is 1. The number of rotatable bonds is 3. The Morgan fingerprint density at radius 3 is 3.00 bits per heavy atom. The Kier molecular flexibility index (Phi) is 4.63. The zero-order valence-electron chi connectivity index (χ0n) is 13.1. The lowest BCUT2D eigenvalue weighted by Gasteiger charge is -2.34. The number of benzene rings is 1. The molecule has 3 nitrogen and oxygen atoms in total. The van der Waals surface area contributed by atoms with Crippen LogP contribution in [-0.4, -0.2) is 41.8 Å². The summed E-state index contributed by atoms with van der Waals surface area (Å²) in [6.45, 7) is 6.17. The first kappa shape index (κ1) is 15.0. The van der Waals surface area contributed by atoms with Crippen molar-refractivity contribution in [1.82, 2.24) is 4.90 Å². The van der Waals surface area contributed by atoms with Gasteiger partial charge in [0.15, 0.2) is 0 Å². The summed E-state index contributed by atoms with van der Waals surface area (Å²) in [4.78, 5) is 2.44. The third-order valence-electron chi connectivity index (χ3n) is 5.11. The highest BCUT2D eigenvalue weighted by molar-refractivity contribution is 5.31. The van der Waals surface area contributed by atoms with Gasteiger partial charge in [0.25, 0.3) is 0 Å². The summed E-state index contributed by atoms with van der Waals surface area (Å²) in [5.41, 5.74) is 2.11. The summed E-state index contributed by atoms with van der Waals surface area (Å²) >= 11 is 0. The Hall–Kier alpha value is -0.900. The maximum Gasteiger partial charge on any atom is 0.0855 e. The molecule has 0 aromatic heterocycles. The molecule has 3 rings (SSSR count). The van der Waals surface area contributed by atoms with Crippen LogP contribution >= 0.6 is 0 Å². The normalized spacial score (nSPS) is 30.7. The van der Waals surface area contributed by atoms with Crippen molar-refractivity contribution in [1.29, 1.82) is 0 Å². The van der Waals surface area contributed by atoms with Crippen LogP contribution in [0.5, 0.6) is 0 Å². The zero-order valence-corrected chi connectivity index (χ0v) is 13.1. The third-order valence-corrected chi connectivity index (χ3v) is 5.11. The van der Waals surface area contributed by atoms with Gasteiger partial charge in [-0.05, 0) is 49.9 Å². The number of hydrogen-bond acceptors (Lipinski definition) is 3. The topological polar surface area (TPSA) is 32.7 Å². The van der Waals surface area contributed by atoms with Crippen molar-refractivity contribution in [3.05, 3.63) is 35.4 Å². The highest BCUT2D eigenvalue weighted by Crippen LogP contribution is 2.37. The molecule has 1 saturated heterocycles. The minimum atomic E-state index is -0.570. The molecule has 116 valence electrons. The molecule has 2 aliphatic heterocycles. The second kappa shape index (κ2) is 6.47. The van der Waals surface area contributed by atoms with Crippen LogP contribution in [0.3, 0.4) is 0 Å². The molecule has 2 unspecified atom stereocenters. The van der Waals surface area contributed by atoms with Crippen molar-refractivity contribution in [2.45, 2.75) is 50.7 Å². The van der Waals surface area contributed by atoms with Crippen LogP contribution in [0, 0.1) is 0 Å². The van der Waals surface area contributed by atoms with Gasteiger partial charge in [0, 0.05) is 13.0 Å². The van der Waals surface area contributed by atoms with Crippen LogP contribution in [0.4, 0.5) is 0 Å². The van der Waals surface area contributed by atoms with E-state index in [1.807, 2.05) is 0 Å². The van der Waals surface area contributed by atoms with Crippen molar-refractivity contribution in [3.63, 3.8) is 0 Å². The van der Waals surface area contributed by atoms with E-state index in [1.54, 1.807) is 0 Å². The molecular weight excluding hydrogens is 262 g/mol. The molecule has 21 heavy (non-hydrogen) atoms. The molecule has 2 atom stereocenters. The van der Waals surface area contributed by atoms with Crippen LogP contribution in [0.2, 0.25) is 0 Å². The smallest absolute Gasteiger partial charge is 0.0855 e. The summed E-state index contributed by atoms with van der Waals surface area (Å²) in [5.74, 6) is 0. The molecule has 0 aliphatic carbocycles. The van der Waals surface area contributed by atoms with E-state index in [-0.39, 0.29) is 6.10 Å². The van der Waals surface area contributed by atoms with Crippen LogP contribution < -0.4 is 0 Å². The summed E-state index contributed by atoms with van der Waals surface area (Å²) in [7, 11) is 0. The molecule has 1 N–H and O–H groups in total. The van der Waals surface area contributed by atoms with Gasteiger partial charge in [-0.1, -0.05) is 31.2 Å². The van der Waals surface area contributed by atoms with Gasteiger partial charge < -0.3 is 14.7 Å². The first-order valence-electron chi connectivity index (χ1n) is 8.34. The van der Waals surface area contributed by atoms with Gasteiger partial charge in [-0.3, -0.25) is 0 Å². The van der Waals surface area contributed by atoms with Crippen molar-refractivity contribution in [2.75, 3.05) is 26.2 Å². The molecule has 0 radical (unpaired) electrons. The SMILES string of the molecule is CCN1CCCC(O)(CC2OCCc3ccccc32)CC1. The number of likely N-dealkylation sites (tertiary alicyclic amines) is 1. The van der Waals surface area contributed by atoms with E-state index in [0.29, 0.717) is 0 Å². The largest absolute Gasteiger partial charge is 0.390 e. The highest BCUT2D eigenvalue weighted by Gasteiger charge is 2.35. The van der Waals surface area contributed by atoms with Gasteiger partial charge in [0.1, 0.15) is 0 Å². The van der Waals surface area contributed by atoms with Gasteiger partial charge in [-0.25, -0.2) is 0 Å². The number of fused-ring (bicyclic) bond motifs is 1. The van der Waals surface area contributed by atoms with E-state index < -0.39 is 5.60 Å². The van der Waals surface area contributed by atoms with Crippen LogP contribution in [0.25, 0.3) is 0 Å². The zero-order chi connectivity index (χ0) is 14.7. The Balaban J connectivity index is 1.71. The fourth-order valence-electron chi connectivity index (χ4n) is 3.75. The molecule has 1 aromatic rings. The van der Waals surface area contributed by atoms with E-state index in [0.717, 1.165) is 58.3 Å². The molecule has 1 aromatic carbocycles. The van der Waals surface area contributed by atoms with Crippen molar-refractivity contribution < 1.29 is 9.84 Å². The van der Waals surface area contributed by atoms with E-state index in [1.165, 1.54) is 11.1 Å². The Morgan fingerprint density at radius 1 is 1.29 bits per heavy atom. The Morgan fingerprint density at radius 2 is 2.14 bits per heavy atom. The van der Waals surface area contributed by atoms with E-state index in [9.17, 15) is 5.11 Å². The minimum absolute atomic E-state index is 0.0631. The van der Waals surface area contributed by atoms with Crippen molar-refractivity contribution in [2.24, 2.45) is 0 Å². The van der Waals surface area contributed by atoms with Gasteiger partial charge >= 0.3 is 0 Å². The molecule has 0 amide bonds. The summed E-state index contributed by atoms with van der Waals surface area (Å²) in [6, 6.07) is 8.54. The number of hydrogen-bond donors (Lipinski definition) is 1. The van der Waals surface area contributed by atoms with Crippen molar-refractivity contribution >= 4 is 0 Å². The molecule has 0 saturated carbocycles. The van der Waals surface area contributed by atoms with Gasteiger partial charge in [-0.15, -0.1) is 0 Å². The van der Waals surface area contributed by atoms with Crippen LogP contribution in [-0.2, 0) is 11.2 Å². The standard InChI is InChI=1S/C18H27NO2/c1-2-19-11-5-9-18(20,10-12-19)14-17-16-7-4-3-6-15(16)8-13-21-17/h3-4,6-7,17,20H,2,5,8-14H2,1H3. The molecule has 2 aliphatic rings. The molecule has 1 fully saturated rings. The second-order valence-electron chi connectivity index (χ2n) is 6.52. The predicted octanol–water partition coefficient (Wildman–Crippen LogP) is 2.93. The Bertz CT molecular complexity index is 476. The van der Waals surface area contributed by atoms with E-state index in [2.05, 4.69) is 36.1 Å². The fourth-order valence-corrected chi connectivity index (χ4v) is 3.75. The lowest BCUT2D eigenvalue weighted by Crippen LogP contribution is -2.34. The maximum atomic E-state index is 11.0. The molecule has 0 spiro atoms. The fraction of sp³-hybridized carbons (Fsp3) is 0.667. The van der Waals surface area contributed by atoms with Crippen LogP contribution in [0.15, 0.2) is 24.3 Å². The van der Waals surface area contributed by atoms with Crippen LogP contribution in [0.1, 0.15) is 49.8 Å². The van der Waals surface area contributed by atoms with Crippen molar-refractivity contribution in [3.8, 4) is 0 Å². The summed E-state index contributed by atoms with van der Waals surface area (Å²) in [5, 5.41) is 11.0. The van der Waals surface area contributed by atoms with E-state index >= 15 is 0 Å². The lowest BCUT2D eigenvalue weighted by atomic mass is 9.84. The summed E-state index contributed by atoms with van der Waals surface area (Å²) < 4.78 is 5.99. The molecule has 2 heterocycles. The monoisotopic (exact) mass is 289 g/mol. The molecular formula is C18H27NO2. The van der Waals surface area contributed by atoms with Gasteiger partial charge in [-0.2, -0.15) is 0 Å². The van der Waals surface area contributed by atoms with E-state index in [4.69, 9.17) is 4.74 Å². The average Bonchev–Trinajstić information content (AvgIpc) is 2.69. The lowest BCUT2D eigenvalue weighted by molar-refractivity contribution is -0.0530. The van der Waals surface area contributed by atoms with Gasteiger partial charge in [0.05, 0.1) is 18.3 Å². The number of nitrogens with zero attached hydrogens (tertiary/aromatic N) is 1. The maximum absolute atomic E-state index is 11.0. The second-order valence-corrected chi connectivity index (χ2v) is 6.52. The highest BCUT2D eigenvalue weighted by atomic mass is 16.5. The van der Waals surface area contributed by atoms with Gasteiger partial charge in [0.2, 0.25) is 0 Å². The number of ether oxygens (including phenoxy) is 1. The minimum Gasteiger partial charge on any atom is -0.390 e. The summed E-state index contributed by atoms with van der Waals surface area (Å²) in [6.07, 6.45) is 4.64. The first-order chi connectivity index (χ1) is 10.2. The molecule has 3 heteroatoms. The predicted molar refractivity (Wildman–Crippen MR) is 84.4 cm³/mol. The third kappa shape index (κ3) is 3.47.